The van der Waals surface area contributed by atoms with E-state index in [4.69, 9.17) is 10.2 Å². The Morgan fingerprint density at radius 1 is 1.06 bits per heavy atom. The quantitative estimate of drug-likeness (QED) is 0.523. The third kappa shape index (κ3) is 3.61. The van der Waals surface area contributed by atoms with Crippen LogP contribution in [-0.4, -0.2) is 50.0 Å². The second kappa shape index (κ2) is 8.24. The van der Waals surface area contributed by atoms with Crippen molar-refractivity contribution in [1.82, 2.24) is 24.4 Å². The molecule has 5 rings (SSSR count). The molecule has 9 nitrogen and oxygen atoms in total. The van der Waals surface area contributed by atoms with E-state index in [1.807, 2.05) is 24.0 Å². The first kappa shape index (κ1) is 20.5. The molecular formula is C24H21N7O2. The molecule has 1 aliphatic rings. The normalized spacial score (nSPS) is 13.6. The summed E-state index contributed by atoms with van der Waals surface area (Å²) in [7, 11) is 0. The molecule has 0 spiro atoms. The predicted molar refractivity (Wildman–Crippen MR) is 123 cm³/mol. The van der Waals surface area contributed by atoms with Gasteiger partial charge in [-0.3, -0.25) is 9.78 Å². The van der Waals surface area contributed by atoms with E-state index in [0.29, 0.717) is 60.1 Å². The van der Waals surface area contributed by atoms with Crippen LogP contribution in [0.25, 0.3) is 17.0 Å². The van der Waals surface area contributed by atoms with Gasteiger partial charge in [-0.25, -0.2) is 19.3 Å². The number of nitriles is 1. The summed E-state index contributed by atoms with van der Waals surface area (Å²) < 4.78 is 1.47. The third-order valence-corrected chi connectivity index (χ3v) is 5.84. The van der Waals surface area contributed by atoms with E-state index in [1.54, 1.807) is 47.5 Å². The Kier molecular flexibility index (Phi) is 5.11. The zero-order valence-electron chi connectivity index (χ0n) is 18.0. The lowest BCUT2D eigenvalue weighted by Gasteiger charge is -2.24. The number of rotatable bonds is 4. The van der Waals surface area contributed by atoms with Gasteiger partial charge in [-0.1, -0.05) is 12.1 Å². The van der Waals surface area contributed by atoms with Gasteiger partial charge >= 0.3 is 5.69 Å². The van der Waals surface area contributed by atoms with E-state index in [0.717, 1.165) is 5.56 Å². The highest BCUT2D eigenvalue weighted by molar-refractivity contribution is 5.99. The summed E-state index contributed by atoms with van der Waals surface area (Å²) in [5.41, 5.74) is 2.83. The molecule has 1 N–H and O–H groups in total. The maximum absolute atomic E-state index is 13.2. The van der Waals surface area contributed by atoms with Gasteiger partial charge in [0, 0.05) is 32.4 Å². The SMILES string of the molecule is CCN1CCN(Cc2ccc(C#N)cc2)c2nc(-n3c(=O)[nH]c4ncccc43)ccc2C1=O. The highest BCUT2D eigenvalue weighted by Gasteiger charge is 2.28. The van der Waals surface area contributed by atoms with Crippen LogP contribution < -0.4 is 10.6 Å². The largest absolute Gasteiger partial charge is 0.350 e. The number of benzene rings is 1. The van der Waals surface area contributed by atoms with Gasteiger partial charge in [0.1, 0.15) is 11.6 Å². The van der Waals surface area contributed by atoms with E-state index in [1.165, 1.54) is 4.57 Å². The number of fused-ring (bicyclic) bond motifs is 2. The summed E-state index contributed by atoms with van der Waals surface area (Å²) in [5.74, 6) is 0.866. The molecule has 0 aliphatic carbocycles. The van der Waals surface area contributed by atoms with Crippen molar-refractivity contribution < 1.29 is 4.79 Å². The van der Waals surface area contributed by atoms with Gasteiger partial charge in [0.2, 0.25) is 0 Å². The number of carbonyl (C=O) groups excluding carboxylic acids is 1. The van der Waals surface area contributed by atoms with E-state index in [-0.39, 0.29) is 11.6 Å². The number of H-pyrrole nitrogens is 1. The second-order valence-electron chi connectivity index (χ2n) is 7.79. The lowest BCUT2D eigenvalue weighted by molar-refractivity contribution is 0.0775. The van der Waals surface area contributed by atoms with Crippen LogP contribution in [-0.2, 0) is 6.54 Å². The second-order valence-corrected chi connectivity index (χ2v) is 7.79. The average molecular weight is 439 g/mol. The third-order valence-electron chi connectivity index (χ3n) is 5.84. The number of amides is 1. The number of imidazole rings is 1. The lowest BCUT2D eigenvalue weighted by atomic mass is 10.1. The van der Waals surface area contributed by atoms with Crippen molar-refractivity contribution in [3.63, 3.8) is 0 Å². The van der Waals surface area contributed by atoms with Gasteiger partial charge < -0.3 is 9.80 Å². The molecule has 9 heteroatoms. The predicted octanol–water partition coefficient (Wildman–Crippen LogP) is 2.46. The van der Waals surface area contributed by atoms with Crippen molar-refractivity contribution in [1.29, 1.82) is 5.26 Å². The van der Waals surface area contributed by atoms with Gasteiger partial charge in [0.05, 0.1) is 22.7 Å². The van der Waals surface area contributed by atoms with Crippen molar-refractivity contribution in [2.75, 3.05) is 24.5 Å². The zero-order valence-corrected chi connectivity index (χ0v) is 18.0. The molecule has 0 unspecified atom stereocenters. The molecular weight excluding hydrogens is 418 g/mol. The number of pyridine rings is 2. The average Bonchev–Trinajstić information content (AvgIpc) is 3.12. The Bertz CT molecular complexity index is 1450. The van der Waals surface area contributed by atoms with Gasteiger partial charge in [-0.05, 0) is 48.9 Å². The van der Waals surface area contributed by atoms with Crippen LogP contribution in [0.1, 0.15) is 28.4 Å². The van der Waals surface area contributed by atoms with Crippen LogP contribution in [0.15, 0.2) is 59.5 Å². The van der Waals surface area contributed by atoms with E-state index in [9.17, 15) is 9.59 Å². The fourth-order valence-corrected chi connectivity index (χ4v) is 4.12. The van der Waals surface area contributed by atoms with Gasteiger partial charge in [-0.2, -0.15) is 5.26 Å². The molecule has 33 heavy (non-hydrogen) atoms. The summed E-state index contributed by atoms with van der Waals surface area (Å²) in [5, 5.41) is 9.07. The summed E-state index contributed by atoms with van der Waals surface area (Å²) in [6, 6.07) is 16.5. The number of carbonyl (C=O) groups is 1. The number of hydrogen-bond donors (Lipinski definition) is 1. The number of aromatic amines is 1. The molecule has 4 aromatic rings. The minimum absolute atomic E-state index is 0.0816. The van der Waals surface area contributed by atoms with E-state index >= 15 is 0 Å². The maximum atomic E-state index is 13.2. The Morgan fingerprint density at radius 3 is 2.61 bits per heavy atom. The summed E-state index contributed by atoms with van der Waals surface area (Å²) in [6.07, 6.45) is 1.62. The number of aromatic nitrogens is 4. The maximum Gasteiger partial charge on any atom is 0.333 e. The van der Waals surface area contributed by atoms with Crippen molar-refractivity contribution in [3.8, 4) is 11.9 Å². The topological polar surface area (TPSA) is 111 Å². The Hall–Kier alpha value is -4.45. The minimum Gasteiger partial charge on any atom is -0.350 e. The fraction of sp³-hybridized carbons (Fsp3) is 0.208. The Labute approximate surface area is 189 Å². The van der Waals surface area contributed by atoms with Crippen LogP contribution in [0.5, 0.6) is 0 Å². The van der Waals surface area contributed by atoms with Crippen LogP contribution in [0.2, 0.25) is 0 Å². The summed E-state index contributed by atoms with van der Waals surface area (Å²) in [6.45, 7) is 4.22. The molecule has 1 aliphatic heterocycles. The standard InChI is InChI=1S/C24H21N7O2/c1-2-29-12-13-30(15-17-7-5-16(14-25)6-8-17)22-18(23(29)32)9-10-20(27-22)31-19-4-3-11-26-21(19)28-24(31)33/h3-11H,2,12-13,15H2,1H3,(H,26,28,33). The molecule has 1 aromatic carbocycles. The first-order chi connectivity index (χ1) is 16.1. The number of nitrogens with one attached hydrogen (secondary N) is 1. The molecule has 4 heterocycles. The molecule has 164 valence electrons. The number of nitrogens with zero attached hydrogens (tertiary/aromatic N) is 6. The highest BCUT2D eigenvalue weighted by Crippen LogP contribution is 2.27. The van der Waals surface area contributed by atoms with Crippen molar-refractivity contribution in [3.05, 3.63) is 81.9 Å². The molecule has 0 fully saturated rings. The molecule has 0 atom stereocenters. The number of likely N-dealkylation sites (N-methyl/N-ethyl adjacent to an activating group) is 1. The number of anilines is 1. The van der Waals surface area contributed by atoms with Crippen molar-refractivity contribution in [2.45, 2.75) is 13.5 Å². The molecule has 0 bridgehead atoms. The first-order valence-electron chi connectivity index (χ1n) is 10.7. The molecule has 0 saturated carbocycles. The minimum atomic E-state index is -0.343. The van der Waals surface area contributed by atoms with Gasteiger partial charge in [0.25, 0.3) is 5.91 Å². The Balaban J connectivity index is 1.62. The molecule has 3 aromatic heterocycles. The van der Waals surface area contributed by atoms with Crippen molar-refractivity contribution in [2.24, 2.45) is 0 Å². The summed E-state index contributed by atoms with van der Waals surface area (Å²) >= 11 is 0. The smallest absolute Gasteiger partial charge is 0.333 e. The monoisotopic (exact) mass is 439 g/mol. The zero-order chi connectivity index (χ0) is 22.9. The Morgan fingerprint density at radius 2 is 1.85 bits per heavy atom. The lowest BCUT2D eigenvalue weighted by Crippen LogP contribution is -2.34. The summed E-state index contributed by atoms with van der Waals surface area (Å²) in [4.78, 5) is 41.4. The highest BCUT2D eigenvalue weighted by atomic mass is 16.2. The van der Waals surface area contributed by atoms with Crippen LogP contribution >= 0.6 is 0 Å². The van der Waals surface area contributed by atoms with Crippen LogP contribution in [0.4, 0.5) is 5.82 Å². The fourth-order valence-electron chi connectivity index (χ4n) is 4.12. The number of hydrogen-bond acceptors (Lipinski definition) is 6. The van der Waals surface area contributed by atoms with Gasteiger partial charge in [-0.15, -0.1) is 0 Å². The van der Waals surface area contributed by atoms with Crippen LogP contribution in [0.3, 0.4) is 0 Å². The van der Waals surface area contributed by atoms with Crippen LogP contribution in [0, 0.1) is 11.3 Å². The molecule has 0 radical (unpaired) electrons. The molecule has 0 saturated heterocycles. The van der Waals surface area contributed by atoms with E-state index < -0.39 is 0 Å². The van der Waals surface area contributed by atoms with Crippen molar-refractivity contribution >= 4 is 22.9 Å². The van der Waals surface area contributed by atoms with Gasteiger partial charge in [0.15, 0.2) is 5.65 Å². The molecule has 1 amide bonds. The first-order valence-corrected chi connectivity index (χ1v) is 10.7. The van der Waals surface area contributed by atoms with E-state index in [2.05, 4.69) is 16.0 Å².